The van der Waals surface area contributed by atoms with Crippen molar-refractivity contribution in [3.05, 3.63) is 70.8 Å². The SMILES string of the molecule is CCN(CC)CCN1C(=O)C(=O)C(=C(O)c2ccc(OC(C)C)cc2)[C@@H]1c1ccc(C(=O)OC)cc1. The molecule has 1 fully saturated rings. The minimum Gasteiger partial charge on any atom is -0.507 e. The highest BCUT2D eigenvalue weighted by Gasteiger charge is 2.46. The average Bonchev–Trinajstić information content (AvgIpc) is 3.13. The number of methoxy groups -OCH3 is 1. The van der Waals surface area contributed by atoms with E-state index in [1.165, 1.54) is 12.0 Å². The summed E-state index contributed by atoms with van der Waals surface area (Å²) in [6.07, 6.45) is -0.00598. The molecule has 1 heterocycles. The third kappa shape index (κ3) is 5.76. The number of rotatable bonds is 10. The van der Waals surface area contributed by atoms with E-state index in [-0.39, 0.29) is 17.4 Å². The maximum absolute atomic E-state index is 13.2. The van der Waals surface area contributed by atoms with Crippen LogP contribution in [0, 0.1) is 0 Å². The smallest absolute Gasteiger partial charge is 0.337 e. The van der Waals surface area contributed by atoms with Crippen molar-refractivity contribution in [3.63, 3.8) is 0 Å². The van der Waals surface area contributed by atoms with E-state index in [0.29, 0.717) is 35.5 Å². The van der Waals surface area contributed by atoms with E-state index in [9.17, 15) is 19.5 Å². The van der Waals surface area contributed by atoms with Gasteiger partial charge in [0, 0.05) is 18.7 Å². The predicted molar refractivity (Wildman–Crippen MR) is 137 cm³/mol. The van der Waals surface area contributed by atoms with Crippen LogP contribution < -0.4 is 4.74 Å². The Morgan fingerprint density at radius 2 is 1.58 bits per heavy atom. The molecule has 8 nitrogen and oxygen atoms in total. The summed E-state index contributed by atoms with van der Waals surface area (Å²) >= 11 is 0. The number of hydrogen-bond acceptors (Lipinski definition) is 7. The summed E-state index contributed by atoms with van der Waals surface area (Å²) in [5.74, 6) is -1.50. The van der Waals surface area contributed by atoms with Crippen LogP contribution in [0.5, 0.6) is 5.75 Å². The highest BCUT2D eigenvalue weighted by Crippen LogP contribution is 2.39. The first-order valence-corrected chi connectivity index (χ1v) is 12.2. The Hall–Kier alpha value is -3.65. The molecular formula is C28H34N2O6. The van der Waals surface area contributed by atoms with Crippen molar-refractivity contribution in [1.29, 1.82) is 0 Å². The lowest BCUT2D eigenvalue weighted by atomic mass is 9.94. The van der Waals surface area contributed by atoms with Gasteiger partial charge in [0.15, 0.2) is 0 Å². The number of likely N-dealkylation sites (tertiary alicyclic amines) is 1. The van der Waals surface area contributed by atoms with Crippen LogP contribution in [0.25, 0.3) is 5.76 Å². The molecule has 0 radical (unpaired) electrons. The van der Waals surface area contributed by atoms with Gasteiger partial charge in [-0.2, -0.15) is 0 Å². The van der Waals surface area contributed by atoms with Gasteiger partial charge in [-0.1, -0.05) is 26.0 Å². The van der Waals surface area contributed by atoms with Crippen molar-refractivity contribution >= 4 is 23.4 Å². The van der Waals surface area contributed by atoms with Crippen LogP contribution in [0.15, 0.2) is 54.1 Å². The third-order valence-electron chi connectivity index (χ3n) is 6.24. The summed E-state index contributed by atoms with van der Waals surface area (Å²) in [5, 5.41) is 11.2. The normalized spacial score (nSPS) is 17.2. The number of likely N-dealkylation sites (N-methyl/N-ethyl adjacent to an activating group) is 1. The van der Waals surface area contributed by atoms with Gasteiger partial charge in [-0.25, -0.2) is 4.79 Å². The molecule has 2 aromatic rings. The molecule has 2 aromatic carbocycles. The van der Waals surface area contributed by atoms with Gasteiger partial charge in [0.05, 0.1) is 30.4 Å². The highest BCUT2D eigenvalue weighted by molar-refractivity contribution is 6.46. The van der Waals surface area contributed by atoms with E-state index in [0.717, 1.165) is 13.1 Å². The van der Waals surface area contributed by atoms with Crippen LogP contribution in [0.2, 0.25) is 0 Å². The number of aliphatic hydroxyl groups is 1. The lowest BCUT2D eigenvalue weighted by Gasteiger charge is -2.28. The Bertz CT molecular complexity index is 1120. The molecule has 0 spiro atoms. The van der Waals surface area contributed by atoms with Gasteiger partial charge in [-0.3, -0.25) is 9.59 Å². The number of nitrogens with zero attached hydrogens (tertiary/aromatic N) is 2. The summed E-state index contributed by atoms with van der Waals surface area (Å²) in [6.45, 7) is 10.4. The first-order valence-electron chi connectivity index (χ1n) is 12.2. The fourth-order valence-electron chi connectivity index (χ4n) is 4.28. The Kier molecular flexibility index (Phi) is 8.88. The number of carbonyl (C=O) groups excluding carboxylic acids is 3. The van der Waals surface area contributed by atoms with Crippen LogP contribution in [0.3, 0.4) is 0 Å². The van der Waals surface area contributed by atoms with E-state index in [1.807, 2.05) is 27.7 Å². The molecule has 1 N–H and O–H groups in total. The highest BCUT2D eigenvalue weighted by atomic mass is 16.5. The topological polar surface area (TPSA) is 96.4 Å². The molecule has 0 saturated carbocycles. The van der Waals surface area contributed by atoms with Crippen LogP contribution in [-0.4, -0.2) is 72.0 Å². The number of hydrogen-bond donors (Lipinski definition) is 1. The molecule has 0 unspecified atom stereocenters. The number of ether oxygens (including phenoxy) is 2. The molecule has 192 valence electrons. The van der Waals surface area contributed by atoms with Crippen molar-refractivity contribution in [2.75, 3.05) is 33.3 Å². The molecule has 1 atom stereocenters. The lowest BCUT2D eigenvalue weighted by molar-refractivity contribution is -0.140. The first-order chi connectivity index (χ1) is 17.2. The van der Waals surface area contributed by atoms with Gasteiger partial charge >= 0.3 is 5.97 Å². The number of amides is 1. The zero-order valence-corrected chi connectivity index (χ0v) is 21.5. The van der Waals surface area contributed by atoms with Gasteiger partial charge in [0.1, 0.15) is 11.5 Å². The molecule has 1 aliphatic heterocycles. The van der Waals surface area contributed by atoms with Crippen LogP contribution in [-0.2, 0) is 14.3 Å². The van der Waals surface area contributed by atoms with E-state index in [4.69, 9.17) is 9.47 Å². The number of carbonyl (C=O) groups is 3. The Morgan fingerprint density at radius 1 is 1.00 bits per heavy atom. The third-order valence-corrected chi connectivity index (χ3v) is 6.24. The van der Waals surface area contributed by atoms with Crippen LogP contribution in [0.4, 0.5) is 0 Å². The quantitative estimate of drug-likeness (QED) is 0.231. The molecule has 8 heteroatoms. The number of ketones is 1. The van der Waals surface area contributed by atoms with Gasteiger partial charge in [-0.15, -0.1) is 0 Å². The van der Waals surface area contributed by atoms with Crippen molar-refractivity contribution in [1.82, 2.24) is 9.80 Å². The standard InChI is InChI=1S/C28H34N2O6/c1-6-29(7-2)16-17-30-24(19-8-10-21(11-9-19)28(34)35-5)23(26(32)27(30)33)25(31)20-12-14-22(15-13-20)36-18(3)4/h8-15,18,24,31H,6-7,16-17H2,1-5H3/t24-/m0/s1. The second-order valence-corrected chi connectivity index (χ2v) is 8.82. The summed E-state index contributed by atoms with van der Waals surface area (Å²) < 4.78 is 10.4. The Labute approximate surface area is 212 Å². The predicted octanol–water partition coefficient (Wildman–Crippen LogP) is 4.02. The fourth-order valence-corrected chi connectivity index (χ4v) is 4.28. The Balaban J connectivity index is 2.06. The summed E-state index contributed by atoms with van der Waals surface area (Å²) in [7, 11) is 1.30. The summed E-state index contributed by atoms with van der Waals surface area (Å²) in [6, 6.07) is 12.5. The van der Waals surface area contributed by atoms with Gasteiger partial charge < -0.3 is 24.4 Å². The molecular weight excluding hydrogens is 460 g/mol. The van der Waals surface area contributed by atoms with E-state index < -0.39 is 23.7 Å². The molecule has 0 aromatic heterocycles. The number of aliphatic hydroxyl groups excluding tert-OH is 1. The van der Waals surface area contributed by atoms with E-state index in [2.05, 4.69) is 4.90 Å². The molecule has 1 amide bonds. The number of esters is 1. The summed E-state index contributed by atoms with van der Waals surface area (Å²) in [5.41, 5.74) is 1.39. The largest absolute Gasteiger partial charge is 0.507 e. The van der Waals surface area contributed by atoms with E-state index in [1.54, 1.807) is 48.5 Å². The zero-order chi connectivity index (χ0) is 26.4. The monoisotopic (exact) mass is 494 g/mol. The molecule has 0 bridgehead atoms. The second kappa shape index (κ2) is 11.9. The molecule has 1 aliphatic rings. The van der Waals surface area contributed by atoms with E-state index >= 15 is 0 Å². The molecule has 1 saturated heterocycles. The molecule has 36 heavy (non-hydrogen) atoms. The second-order valence-electron chi connectivity index (χ2n) is 8.82. The number of benzene rings is 2. The number of Topliss-reactive ketones (excluding diaryl/α,β-unsaturated/α-hetero) is 1. The van der Waals surface area contributed by atoms with Crippen molar-refractivity contribution in [2.45, 2.75) is 39.8 Å². The average molecular weight is 495 g/mol. The van der Waals surface area contributed by atoms with Gasteiger partial charge in [0.25, 0.3) is 11.7 Å². The van der Waals surface area contributed by atoms with Crippen molar-refractivity contribution in [3.8, 4) is 5.75 Å². The first kappa shape index (κ1) is 26.9. The van der Waals surface area contributed by atoms with Gasteiger partial charge in [0.2, 0.25) is 0 Å². The zero-order valence-electron chi connectivity index (χ0n) is 21.5. The van der Waals surface area contributed by atoms with Crippen LogP contribution >= 0.6 is 0 Å². The van der Waals surface area contributed by atoms with Crippen LogP contribution in [0.1, 0.15) is 55.2 Å². The fraction of sp³-hybridized carbons (Fsp3) is 0.393. The maximum Gasteiger partial charge on any atom is 0.337 e. The lowest BCUT2D eigenvalue weighted by Crippen LogP contribution is -2.38. The minimum absolute atomic E-state index is 0.00598. The van der Waals surface area contributed by atoms with Crippen molar-refractivity contribution in [2.24, 2.45) is 0 Å². The summed E-state index contributed by atoms with van der Waals surface area (Å²) in [4.78, 5) is 41.9. The molecule has 3 rings (SSSR count). The van der Waals surface area contributed by atoms with Crippen molar-refractivity contribution < 1.29 is 29.0 Å². The maximum atomic E-state index is 13.2. The van der Waals surface area contributed by atoms with Gasteiger partial charge in [-0.05, 0) is 68.9 Å². The minimum atomic E-state index is -0.793. The molecule has 0 aliphatic carbocycles. The Morgan fingerprint density at radius 3 is 2.11 bits per heavy atom.